The summed E-state index contributed by atoms with van der Waals surface area (Å²) >= 11 is 0. The number of nitrogen functional groups attached to an aromatic ring is 1. The molecule has 0 radical (unpaired) electrons. The first-order valence-corrected chi connectivity index (χ1v) is 7.20. The number of rotatable bonds is 4. The van der Waals surface area contributed by atoms with Gasteiger partial charge in [0.25, 0.3) is 0 Å². The Hall–Kier alpha value is -2.48. The summed E-state index contributed by atoms with van der Waals surface area (Å²) in [6, 6.07) is 6.23. The number of hydrogen-bond acceptors (Lipinski definition) is 6. The third kappa shape index (κ3) is 2.21. The van der Waals surface area contributed by atoms with Gasteiger partial charge in [0.05, 0.1) is 16.2 Å². The average molecular weight is 293 g/mol. The topological polar surface area (TPSA) is 116 Å². The highest BCUT2D eigenvalue weighted by molar-refractivity contribution is 7.92. The van der Waals surface area contributed by atoms with E-state index < -0.39 is 36.9 Å². The van der Waals surface area contributed by atoms with Crippen LogP contribution in [0.2, 0.25) is 0 Å². The van der Waals surface area contributed by atoms with Crippen molar-refractivity contribution in [3.63, 3.8) is 0 Å². The monoisotopic (exact) mass is 293 g/mol. The van der Waals surface area contributed by atoms with Crippen molar-refractivity contribution in [2.45, 2.75) is 4.90 Å². The molecule has 1 aromatic carbocycles. The number of pyridine rings is 1. The van der Waals surface area contributed by atoms with Crippen LogP contribution in [-0.2, 0) is 9.84 Å². The summed E-state index contributed by atoms with van der Waals surface area (Å²) in [5.41, 5.74) is 5.14. The maximum Gasteiger partial charge on any atom is 0.330 e. The van der Waals surface area contributed by atoms with Gasteiger partial charge in [0.15, 0.2) is 14.7 Å². The molecule has 104 valence electrons. The van der Waals surface area contributed by atoms with E-state index in [4.69, 9.17) is 5.73 Å². The predicted octanol–water partition coefficient (Wildman–Crippen LogP) is 1.68. The van der Waals surface area contributed by atoms with Gasteiger partial charge in [-0.3, -0.25) is 10.1 Å². The summed E-state index contributed by atoms with van der Waals surface area (Å²) in [4.78, 5) is 13.8. The van der Waals surface area contributed by atoms with Crippen LogP contribution >= 0.6 is 0 Å². The third-order valence-corrected chi connectivity index (χ3v) is 4.39. The fraction of sp³-hybridized carbons (Fsp3) is 0.0833. The standard InChI is InChI=1S/C12H11N3O4S/c1-2-7-20(18,19)11-8-5-3-4-6-9(8)14-12(13)10(11)15(16)17/h2-6H,1,7H2,(H2,13,14). The molecule has 8 heteroatoms. The van der Waals surface area contributed by atoms with Crippen molar-refractivity contribution >= 4 is 32.2 Å². The second kappa shape index (κ2) is 4.89. The van der Waals surface area contributed by atoms with Crippen molar-refractivity contribution in [3.8, 4) is 0 Å². The Bertz CT molecular complexity index is 815. The van der Waals surface area contributed by atoms with E-state index in [0.29, 0.717) is 5.52 Å². The maximum absolute atomic E-state index is 12.3. The number of benzene rings is 1. The molecule has 1 heterocycles. The first-order chi connectivity index (χ1) is 9.38. The minimum Gasteiger partial charge on any atom is -0.378 e. The van der Waals surface area contributed by atoms with Crippen molar-refractivity contribution < 1.29 is 13.3 Å². The highest BCUT2D eigenvalue weighted by Gasteiger charge is 2.31. The molecule has 20 heavy (non-hydrogen) atoms. The molecule has 0 fully saturated rings. The molecule has 2 rings (SSSR count). The average Bonchev–Trinajstić information content (AvgIpc) is 2.36. The largest absolute Gasteiger partial charge is 0.378 e. The molecule has 0 spiro atoms. The van der Waals surface area contributed by atoms with Gasteiger partial charge in [0.1, 0.15) is 0 Å². The summed E-state index contributed by atoms with van der Waals surface area (Å²) in [7, 11) is -3.91. The van der Waals surface area contributed by atoms with Crippen LogP contribution in [0.1, 0.15) is 0 Å². The Morgan fingerprint density at radius 3 is 2.65 bits per heavy atom. The third-order valence-electron chi connectivity index (χ3n) is 2.68. The van der Waals surface area contributed by atoms with Gasteiger partial charge >= 0.3 is 5.69 Å². The van der Waals surface area contributed by atoms with Gasteiger partial charge in [-0.25, -0.2) is 13.4 Å². The first-order valence-electron chi connectivity index (χ1n) is 5.54. The van der Waals surface area contributed by atoms with Crippen molar-refractivity contribution in [2.24, 2.45) is 0 Å². The lowest BCUT2D eigenvalue weighted by Gasteiger charge is -2.08. The van der Waals surface area contributed by atoms with E-state index in [-0.39, 0.29) is 5.39 Å². The molecule has 0 saturated carbocycles. The lowest BCUT2D eigenvalue weighted by Crippen LogP contribution is -2.11. The van der Waals surface area contributed by atoms with Crippen molar-refractivity contribution in [3.05, 3.63) is 47.0 Å². The van der Waals surface area contributed by atoms with E-state index in [0.717, 1.165) is 0 Å². The SMILES string of the molecule is C=CCS(=O)(=O)c1c([N+](=O)[O-])c(N)nc2ccccc12. The molecule has 0 atom stereocenters. The molecule has 2 N–H and O–H groups in total. The van der Waals surface area contributed by atoms with Crippen LogP contribution in [0.3, 0.4) is 0 Å². The molecule has 0 bridgehead atoms. The van der Waals surface area contributed by atoms with Crippen molar-refractivity contribution in [2.75, 3.05) is 11.5 Å². The molecule has 0 aliphatic heterocycles. The second-order valence-electron chi connectivity index (χ2n) is 4.02. The quantitative estimate of drug-likeness (QED) is 0.521. The Balaban J connectivity index is 3.01. The van der Waals surface area contributed by atoms with E-state index in [1.54, 1.807) is 18.2 Å². The maximum atomic E-state index is 12.3. The smallest absolute Gasteiger partial charge is 0.330 e. The lowest BCUT2D eigenvalue weighted by molar-refractivity contribution is -0.386. The Labute approximate surface area is 114 Å². The molecular formula is C12H11N3O4S. The Morgan fingerprint density at radius 1 is 1.40 bits per heavy atom. The van der Waals surface area contributed by atoms with Gasteiger partial charge in [0.2, 0.25) is 5.82 Å². The fourth-order valence-corrected chi connectivity index (χ4v) is 3.38. The zero-order chi connectivity index (χ0) is 14.9. The second-order valence-corrected chi connectivity index (χ2v) is 5.99. The number of nitrogens with zero attached hydrogens (tertiary/aromatic N) is 2. The lowest BCUT2D eigenvalue weighted by atomic mass is 10.2. The molecule has 0 amide bonds. The van der Waals surface area contributed by atoms with Gasteiger partial charge < -0.3 is 5.73 Å². The number of nitro groups is 1. The number of aromatic nitrogens is 1. The van der Waals surface area contributed by atoms with E-state index in [1.165, 1.54) is 12.1 Å². The molecule has 7 nitrogen and oxygen atoms in total. The van der Waals surface area contributed by atoms with Crippen molar-refractivity contribution in [1.29, 1.82) is 0 Å². The number of para-hydroxylation sites is 1. The van der Waals surface area contributed by atoms with Crippen LogP contribution in [0, 0.1) is 10.1 Å². The highest BCUT2D eigenvalue weighted by atomic mass is 32.2. The molecule has 0 saturated heterocycles. The summed E-state index contributed by atoms with van der Waals surface area (Å²) in [6.07, 6.45) is 1.17. The van der Waals surface area contributed by atoms with Crippen LogP contribution in [0.25, 0.3) is 10.9 Å². The fourth-order valence-electron chi connectivity index (χ4n) is 1.92. The molecule has 1 aromatic heterocycles. The Morgan fingerprint density at radius 2 is 2.05 bits per heavy atom. The summed E-state index contributed by atoms with van der Waals surface area (Å²) in [6.45, 7) is 3.35. The summed E-state index contributed by atoms with van der Waals surface area (Å²) < 4.78 is 24.5. The molecule has 2 aromatic rings. The summed E-state index contributed by atoms with van der Waals surface area (Å²) in [5.74, 6) is -0.835. The van der Waals surface area contributed by atoms with E-state index >= 15 is 0 Å². The number of anilines is 1. The van der Waals surface area contributed by atoms with Crippen LogP contribution in [-0.4, -0.2) is 24.1 Å². The summed E-state index contributed by atoms with van der Waals surface area (Å²) in [5, 5.41) is 11.3. The van der Waals surface area contributed by atoms with Gasteiger partial charge in [0, 0.05) is 5.39 Å². The zero-order valence-corrected chi connectivity index (χ0v) is 11.1. The molecule has 0 aliphatic carbocycles. The Kier molecular flexibility index (Phi) is 3.41. The van der Waals surface area contributed by atoms with E-state index in [1.807, 2.05) is 0 Å². The van der Waals surface area contributed by atoms with Gasteiger partial charge in [-0.2, -0.15) is 0 Å². The number of fused-ring (bicyclic) bond motifs is 1. The van der Waals surface area contributed by atoms with Crippen LogP contribution < -0.4 is 5.73 Å². The number of nitrogens with two attached hydrogens (primary N) is 1. The minimum absolute atomic E-state index is 0.176. The van der Waals surface area contributed by atoms with Gasteiger partial charge in [-0.1, -0.05) is 24.3 Å². The first kappa shape index (κ1) is 13.9. The van der Waals surface area contributed by atoms with Gasteiger partial charge in [-0.15, -0.1) is 6.58 Å². The number of sulfone groups is 1. The van der Waals surface area contributed by atoms with Crippen LogP contribution in [0.5, 0.6) is 0 Å². The van der Waals surface area contributed by atoms with Crippen LogP contribution in [0.15, 0.2) is 41.8 Å². The number of hydrogen-bond donors (Lipinski definition) is 1. The van der Waals surface area contributed by atoms with Crippen LogP contribution in [0.4, 0.5) is 11.5 Å². The molecule has 0 unspecified atom stereocenters. The van der Waals surface area contributed by atoms with Gasteiger partial charge in [-0.05, 0) is 6.07 Å². The highest BCUT2D eigenvalue weighted by Crippen LogP contribution is 2.35. The normalized spacial score (nSPS) is 11.4. The van der Waals surface area contributed by atoms with E-state index in [2.05, 4.69) is 11.6 Å². The molecular weight excluding hydrogens is 282 g/mol. The minimum atomic E-state index is -3.91. The predicted molar refractivity (Wildman–Crippen MR) is 75.1 cm³/mol. The zero-order valence-electron chi connectivity index (χ0n) is 10.3. The van der Waals surface area contributed by atoms with Crippen molar-refractivity contribution in [1.82, 2.24) is 4.98 Å². The molecule has 0 aliphatic rings. The van der Waals surface area contributed by atoms with E-state index in [9.17, 15) is 18.5 Å².